The summed E-state index contributed by atoms with van der Waals surface area (Å²) in [6, 6.07) is 11.1. The molecule has 7 nitrogen and oxygen atoms in total. The second-order valence-electron chi connectivity index (χ2n) is 5.37. The molecule has 1 aromatic carbocycles. The largest absolute Gasteiger partial charge is 0.497 e. The maximum absolute atomic E-state index is 11.9. The first-order valence-corrected chi connectivity index (χ1v) is 7.87. The first-order chi connectivity index (χ1) is 12.2. The monoisotopic (exact) mass is 338 g/mol. The molecule has 128 valence electrons. The lowest BCUT2D eigenvalue weighted by molar-refractivity contribution is -0.121. The van der Waals surface area contributed by atoms with E-state index >= 15 is 0 Å². The summed E-state index contributed by atoms with van der Waals surface area (Å²) in [5.41, 5.74) is 1.78. The summed E-state index contributed by atoms with van der Waals surface area (Å²) in [5.74, 6) is 1.48. The number of carbonyl (C=O) groups is 1. The van der Waals surface area contributed by atoms with Crippen LogP contribution in [0.2, 0.25) is 0 Å². The van der Waals surface area contributed by atoms with Gasteiger partial charge in [0.05, 0.1) is 7.11 Å². The Hall–Kier alpha value is -3.22. The van der Waals surface area contributed by atoms with Gasteiger partial charge in [-0.2, -0.15) is 0 Å². The van der Waals surface area contributed by atoms with E-state index in [1.807, 2.05) is 36.4 Å². The highest BCUT2D eigenvalue weighted by molar-refractivity contribution is 5.76. The number of nitrogens with zero attached hydrogens (tertiary/aromatic N) is 3. The van der Waals surface area contributed by atoms with E-state index in [2.05, 4.69) is 20.5 Å². The highest BCUT2D eigenvalue weighted by atomic mass is 16.5. The molecule has 0 spiro atoms. The molecule has 1 amide bonds. The second kappa shape index (κ2) is 8.05. The van der Waals surface area contributed by atoms with Crippen molar-refractivity contribution in [2.75, 3.05) is 7.11 Å². The van der Waals surface area contributed by atoms with E-state index in [1.54, 1.807) is 19.5 Å². The minimum absolute atomic E-state index is 0.0713. The van der Waals surface area contributed by atoms with Crippen LogP contribution in [-0.4, -0.2) is 28.2 Å². The summed E-state index contributed by atoms with van der Waals surface area (Å²) >= 11 is 0. The Morgan fingerprint density at radius 3 is 2.84 bits per heavy atom. The van der Waals surface area contributed by atoms with Crippen molar-refractivity contribution in [1.29, 1.82) is 0 Å². The zero-order valence-electron chi connectivity index (χ0n) is 13.8. The van der Waals surface area contributed by atoms with Gasteiger partial charge in [0, 0.05) is 37.3 Å². The number of pyridine rings is 1. The Balaban J connectivity index is 1.52. The molecule has 0 aliphatic carbocycles. The first kappa shape index (κ1) is 16.6. The number of aromatic nitrogens is 3. The molecule has 0 bridgehead atoms. The number of ether oxygens (including phenoxy) is 1. The van der Waals surface area contributed by atoms with Crippen LogP contribution in [0.1, 0.15) is 17.9 Å². The summed E-state index contributed by atoms with van der Waals surface area (Å²) in [6.45, 7) is 0.472. The highest BCUT2D eigenvalue weighted by Gasteiger charge is 2.11. The van der Waals surface area contributed by atoms with Crippen LogP contribution in [0.5, 0.6) is 5.75 Å². The molecule has 3 rings (SSSR count). The normalized spacial score (nSPS) is 10.4. The lowest BCUT2D eigenvalue weighted by Gasteiger charge is -2.03. The molecule has 3 aromatic rings. The quantitative estimate of drug-likeness (QED) is 0.711. The third-order valence-electron chi connectivity index (χ3n) is 3.59. The predicted octanol–water partition coefficient (Wildman–Crippen LogP) is 2.39. The van der Waals surface area contributed by atoms with E-state index in [-0.39, 0.29) is 12.3 Å². The summed E-state index contributed by atoms with van der Waals surface area (Å²) in [4.78, 5) is 15.9. The fourth-order valence-corrected chi connectivity index (χ4v) is 2.24. The average Bonchev–Trinajstić information content (AvgIpc) is 3.15. The molecule has 0 saturated heterocycles. The fourth-order valence-electron chi connectivity index (χ4n) is 2.24. The molecule has 2 heterocycles. The number of hydrogen-bond acceptors (Lipinski definition) is 6. The molecule has 0 saturated carbocycles. The van der Waals surface area contributed by atoms with Crippen molar-refractivity contribution in [3.05, 3.63) is 60.2 Å². The summed E-state index contributed by atoms with van der Waals surface area (Å²) < 4.78 is 10.8. The van der Waals surface area contributed by atoms with E-state index in [4.69, 9.17) is 9.15 Å². The predicted molar refractivity (Wildman–Crippen MR) is 90.7 cm³/mol. The maximum atomic E-state index is 11.9. The molecule has 25 heavy (non-hydrogen) atoms. The number of aryl methyl sites for hydroxylation is 1. The van der Waals surface area contributed by atoms with Crippen molar-refractivity contribution in [3.63, 3.8) is 0 Å². The van der Waals surface area contributed by atoms with Crippen LogP contribution in [0.15, 0.2) is 53.2 Å². The van der Waals surface area contributed by atoms with E-state index < -0.39 is 0 Å². The van der Waals surface area contributed by atoms with Gasteiger partial charge in [0.25, 0.3) is 0 Å². The Labute approximate surface area is 145 Å². The second-order valence-corrected chi connectivity index (χ2v) is 5.37. The Morgan fingerprint density at radius 2 is 2.04 bits per heavy atom. The molecule has 7 heteroatoms. The van der Waals surface area contributed by atoms with Gasteiger partial charge in [-0.05, 0) is 35.9 Å². The van der Waals surface area contributed by atoms with Gasteiger partial charge >= 0.3 is 0 Å². The fraction of sp³-hybridized carbons (Fsp3) is 0.222. The van der Waals surface area contributed by atoms with Crippen LogP contribution >= 0.6 is 0 Å². The highest BCUT2D eigenvalue weighted by Crippen LogP contribution is 2.22. The Kier molecular flexibility index (Phi) is 5.36. The van der Waals surface area contributed by atoms with Gasteiger partial charge in [-0.25, -0.2) is 0 Å². The van der Waals surface area contributed by atoms with Crippen molar-refractivity contribution in [3.8, 4) is 17.2 Å². The topological polar surface area (TPSA) is 90.1 Å². The standard InChI is InChI=1S/C18H18N4O3/c1-24-15-4-2-3-14(11-15)18-22-21-17(25-18)6-5-16(23)20-12-13-7-9-19-10-8-13/h2-4,7-11H,5-6,12H2,1H3,(H,20,23). The zero-order valence-corrected chi connectivity index (χ0v) is 13.8. The number of amides is 1. The van der Waals surface area contributed by atoms with Gasteiger partial charge < -0.3 is 14.5 Å². The van der Waals surface area contributed by atoms with Crippen LogP contribution in [-0.2, 0) is 17.8 Å². The molecule has 0 radical (unpaired) electrons. The van der Waals surface area contributed by atoms with Gasteiger partial charge in [-0.3, -0.25) is 9.78 Å². The van der Waals surface area contributed by atoms with E-state index in [0.29, 0.717) is 30.5 Å². The molecule has 1 N–H and O–H groups in total. The van der Waals surface area contributed by atoms with Gasteiger partial charge in [0.2, 0.25) is 17.7 Å². The maximum Gasteiger partial charge on any atom is 0.247 e. The average molecular weight is 338 g/mol. The van der Waals surface area contributed by atoms with Crippen LogP contribution in [0, 0.1) is 0 Å². The van der Waals surface area contributed by atoms with Crippen molar-refractivity contribution in [2.45, 2.75) is 19.4 Å². The van der Waals surface area contributed by atoms with Crippen LogP contribution in [0.25, 0.3) is 11.5 Å². The van der Waals surface area contributed by atoms with E-state index in [9.17, 15) is 4.79 Å². The number of carbonyl (C=O) groups excluding carboxylic acids is 1. The number of benzene rings is 1. The molecule has 2 aromatic heterocycles. The molecule has 0 fully saturated rings. The number of hydrogen-bond donors (Lipinski definition) is 1. The Morgan fingerprint density at radius 1 is 1.20 bits per heavy atom. The van der Waals surface area contributed by atoms with Crippen molar-refractivity contribution in [1.82, 2.24) is 20.5 Å². The third-order valence-corrected chi connectivity index (χ3v) is 3.59. The van der Waals surface area contributed by atoms with Gasteiger partial charge in [-0.1, -0.05) is 6.07 Å². The number of methoxy groups -OCH3 is 1. The van der Waals surface area contributed by atoms with E-state index in [0.717, 1.165) is 11.1 Å². The summed E-state index contributed by atoms with van der Waals surface area (Å²) in [5, 5.41) is 10.9. The summed E-state index contributed by atoms with van der Waals surface area (Å²) in [6.07, 6.45) is 4.06. The van der Waals surface area contributed by atoms with Crippen LogP contribution in [0.3, 0.4) is 0 Å². The van der Waals surface area contributed by atoms with Gasteiger partial charge in [-0.15, -0.1) is 10.2 Å². The number of nitrogens with one attached hydrogen (secondary N) is 1. The lowest BCUT2D eigenvalue weighted by atomic mass is 10.2. The first-order valence-electron chi connectivity index (χ1n) is 7.87. The minimum Gasteiger partial charge on any atom is -0.497 e. The lowest BCUT2D eigenvalue weighted by Crippen LogP contribution is -2.23. The van der Waals surface area contributed by atoms with Crippen LogP contribution < -0.4 is 10.1 Å². The van der Waals surface area contributed by atoms with Crippen LogP contribution in [0.4, 0.5) is 0 Å². The van der Waals surface area contributed by atoms with E-state index in [1.165, 1.54) is 0 Å². The van der Waals surface area contributed by atoms with Crippen molar-refractivity contribution in [2.24, 2.45) is 0 Å². The molecule has 0 aliphatic heterocycles. The molecule has 0 aliphatic rings. The molecule has 0 atom stereocenters. The van der Waals surface area contributed by atoms with Gasteiger partial charge in [0.15, 0.2) is 0 Å². The molecule has 0 unspecified atom stereocenters. The van der Waals surface area contributed by atoms with Gasteiger partial charge in [0.1, 0.15) is 5.75 Å². The molecular weight excluding hydrogens is 320 g/mol. The minimum atomic E-state index is -0.0713. The number of rotatable bonds is 7. The van der Waals surface area contributed by atoms with Crippen molar-refractivity contribution >= 4 is 5.91 Å². The third kappa shape index (κ3) is 4.63. The molecular formula is C18H18N4O3. The summed E-state index contributed by atoms with van der Waals surface area (Å²) in [7, 11) is 1.60. The Bertz CT molecular complexity index is 833. The smallest absolute Gasteiger partial charge is 0.247 e. The SMILES string of the molecule is COc1cccc(-c2nnc(CCC(=O)NCc3ccncc3)o2)c1. The van der Waals surface area contributed by atoms with Crippen molar-refractivity contribution < 1.29 is 13.9 Å². The zero-order chi connectivity index (χ0) is 17.5.